The summed E-state index contributed by atoms with van der Waals surface area (Å²) < 4.78 is 0. The van der Waals surface area contributed by atoms with Crippen LogP contribution in [0.5, 0.6) is 0 Å². The Kier molecular flexibility index (Phi) is 6.42. The molecule has 0 saturated carbocycles. The Hall–Kier alpha value is -4.18. The van der Waals surface area contributed by atoms with Crippen LogP contribution in [0.3, 0.4) is 0 Å². The van der Waals surface area contributed by atoms with Crippen LogP contribution in [0.4, 0.5) is 5.69 Å². The highest BCUT2D eigenvalue weighted by Gasteiger charge is 2.15. The fourth-order valence-corrected chi connectivity index (χ4v) is 3.64. The van der Waals surface area contributed by atoms with Crippen molar-refractivity contribution in [2.75, 3.05) is 5.32 Å². The number of carbonyl (C=O) groups excluding carboxylic acids is 1. The molecule has 0 bridgehead atoms. The summed E-state index contributed by atoms with van der Waals surface area (Å²) in [4.78, 5) is 24.7. The first-order valence-corrected chi connectivity index (χ1v) is 10.5. The van der Waals surface area contributed by atoms with E-state index in [0.717, 1.165) is 29.5 Å². The number of carbonyl (C=O) groups is 2. The molecule has 0 fully saturated rings. The topological polar surface area (TPSA) is 66.4 Å². The number of aryl methyl sites for hydroxylation is 2. The van der Waals surface area contributed by atoms with Crippen molar-refractivity contribution in [3.8, 4) is 11.1 Å². The van der Waals surface area contributed by atoms with Crippen molar-refractivity contribution in [2.45, 2.75) is 12.8 Å². The van der Waals surface area contributed by atoms with Crippen molar-refractivity contribution in [1.29, 1.82) is 0 Å². The summed E-state index contributed by atoms with van der Waals surface area (Å²) in [5.74, 6) is -1.42. The number of anilines is 1. The van der Waals surface area contributed by atoms with Gasteiger partial charge in [0.25, 0.3) is 5.91 Å². The van der Waals surface area contributed by atoms with Gasteiger partial charge < -0.3 is 10.4 Å². The maximum absolute atomic E-state index is 13.0. The number of carboxylic acid groups (broad SMARTS) is 1. The van der Waals surface area contributed by atoms with Gasteiger partial charge in [-0.25, -0.2) is 4.79 Å². The third-order valence-electron chi connectivity index (χ3n) is 5.34. The van der Waals surface area contributed by atoms with E-state index >= 15 is 0 Å². The zero-order valence-electron chi connectivity index (χ0n) is 17.5. The number of rotatable bonds is 7. The molecule has 0 aliphatic heterocycles. The van der Waals surface area contributed by atoms with Gasteiger partial charge in [0.1, 0.15) is 0 Å². The minimum Gasteiger partial charge on any atom is -0.478 e. The molecule has 4 rings (SSSR count). The first kappa shape index (κ1) is 21.1. The van der Waals surface area contributed by atoms with E-state index < -0.39 is 5.97 Å². The standard InChI is InChI=1S/C28H23NO3/c30-27(24-13-7-12-23(19-24)22-10-5-2-6-11-22)29-26-18-21(16-17-25(26)28(31)32)15-14-20-8-3-1-4-9-20/h1-13,16-19H,14-15H2,(H,29,30)(H,31,32). The Morgan fingerprint density at radius 1 is 0.656 bits per heavy atom. The number of hydrogen-bond donors (Lipinski definition) is 2. The Labute approximate surface area is 187 Å². The van der Waals surface area contributed by atoms with Crippen LogP contribution in [0.2, 0.25) is 0 Å². The highest BCUT2D eigenvalue weighted by atomic mass is 16.4. The van der Waals surface area contributed by atoms with Crippen molar-refractivity contribution >= 4 is 17.6 Å². The molecule has 0 heterocycles. The van der Waals surface area contributed by atoms with Crippen LogP contribution in [-0.2, 0) is 12.8 Å². The molecule has 0 aliphatic rings. The molecule has 0 aromatic heterocycles. The second kappa shape index (κ2) is 9.75. The SMILES string of the molecule is O=C(Nc1cc(CCc2ccccc2)ccc1C(=O)O)c1cccc(-c2ccccc2)c1. The second-order valence-electron chi connectivity index (χ2n) is 7.57. The minimum atomic E-state index is -1.08. The summed E-state index contributed by atoms with van der Waals surface area (Å²) >= 11 is 0. The van der Waals surface area contributed by atoms with E-state index in [2.05, 4.69) is 17.4 Å². The molecule has 0 saturated heterocycles. The van der Waals surface area contributed by atoms with Crippen LogP contribution in [0.25, 0.3) is 11.1 Å². The lowest BCUT2D eigenvalue weighted by Crippen LogP contribution is -2.15. The van der Waals surface area contributed by atoms with Crippen LogP contribution in [0.15, 0.2) is 103 Å². The Morgan fingerprint density at radius 2 is 1.31 bits per heavy atom. The van der Waals surface area contributed by atoms with Crippen molar-refractivity contribution in [3.63, 3.8) is 0 Å². The number of benzene rings is 4. The minimum absolute atomic E-state index is 0.0704. The van der Waals surface area contributed by atoms with Crippen molar-refractivity contribution in [2.24, 2.45) is 0 Å². The van der Waals surface area contributed by atoms with Crippen LogP contribution in [0, 0.1) is 0 Å². The highest BCUT2D eigenvalue weighted by molar-refractivity contribution is 6.08. The van der Waals surface area contributed by atoms with Crippen LogP contribution in [-0.4, -0.2) is 17.0 Å². The van der Waals surface area contributed by atoms with Gasteiger partial charge in [-0.2, -0.15) is 0 Å². The van der Waals surface area contributed by atoms with Crippen LogP contribution >= 0.6 is 0 Å². The third-order valence-corrected chi connectivity index (χ3v) is 5.34. The summed E-state index contributed by atoms with van der Waals surface area (Å²) in [7, 11) is 0. The monoisotopic (exact) mass is 421 g/mol. The molecular weight excluding hydrogens is 398 g/mol. The van der Waals surface area contributed by atoms with Gasteiger partial charge in [0, 0.05) is 5.56 Å². The van der Waals surface area contributed by atoms with Crippen molar-refractivity contribution in [1.82, 2.24) is 0 Å². The summed E-state index contributed by atoms with van der Waals surface area (Å²) in [5.41, 5.74) is 4.95. The van der Waals surface area contributed by atoms with E-state index in [9.17, 15) is 14.7 Å². The summed E-state index contributed by atoms with van der Waals surface area (Å²) in [6.45, 7) is 0. The van der Waals surface area contributed by atoms with Gasteiger partial charge in [-0.1, -0.05) is 78.9 Å². The maximum atomic E-state index is 13.0. The molecule has 0 radical (unpaired) electrons. The molecule has 0 unspecified atom stereocenters. The molecule has 158 valence electrons. The number of amides is 1. The molecular formula is C28H23NO3. The molecule has 0 atom stereocenters. The molecule has 4 aromatic carbocycles. The van der Waals surface area contributed by atoms with Crippen LogP contribution in [0.1, 0.15) is 31.8 Å². The van der Waals surface area contributed by atoms with Crippen molar-refractivity contribution in [3.05, 3.63) is 125 Å². The number of aromatic carboxylic acids is 1. The lowest BCUT2D eigenvalue weighted by Gasteiger charge is -2.12. The van der Waals surface area contributed by atoms with Crippen molar-refractivity contribution < 1.29 is 14.7 Å². The second-order valence-corrected chi connectivity index (χ2v) is 7.57. The normalized spacial score (nSPS) is 10.5. The number of hydrogen-bond acceptors (Lipinski definition) is 2. The van der Waals surface area contributed by atoms with Crippen LogP contribution < -0.4 is 5.32 Å². The maximum Gasteiger partial charge on any atom is 0.337 e. The molecule has 0 aliphatic carbocycles. The summed E-state index contributed by atoms with van der Waals surface area (Å²) in [5, 5.41) is 12.4. The molecule has 0 spiro atoms. The Balaban J connectivity index is 1.56. The first-order valence-electron chi connectivity index (χ1n) is 10.5. The third kappa shape index (κ3) is 5.10. The molecule has 4 aromatic rings. The van der Waals surface area contributed by atoms with E-state index in [1.165, 1.54) is 5.56 Å². The highest BCUT2D eigenvalue weighted by Crippen LogP contribution is 2.23. The van der Waals surface area contributed by atoms with Gasteiger partial charge in [-0.05, 0) is 59.4 Å². The van der Waals surface area contributed by atoms with E-state index in [0.29, 0.717) is 11.3 Å². The lowest BCUT2D eigenvalue weighted by molar-refractivity contribution is 0.0698. The quantitative estimate of drug-likeness (QED) is 0.379. The van der Waals surface area contributed by atoms with Gasteiger partial charge in [-0.3, -0.25) is 4.79 Å². The lowest BCUT2D eigenvalue weighted by atomic mass is 10.0. The zero-order chi connectivity index (χ0) is 22.3. The van der Waals surface area contributed by atoms with Gasteiger partial charge >= 0.3 is 5.97 Å². The number of carboxylic acids is 1. The largest absolute Gasteiger partial charge is 0.478 e. The molecule has 4 heteroatoms. The summed E-state index contributed by atoms with van der Waals surface area (Å²) in [6, 6.07) is 32.3. The smallest absolute Gasteiger partial charge is 0.337 e. The average molecular weight is 421 g/mol. The van der Waals surface area contributed by atoms with Gasteiger partial charge in [-0.15, -0.1) is 0 Å². The predicted molar refractivity (Wildman–Crippen MR) is 127 cm³/mol. The zero-order valence-corrected chi connectivity index (χ0v) is 17.5. The first-order chi connectivity index (χ1) is 15.6. The fourth-order valence-electron chi connectivity index (χ4n) is 3.64. The molecule has 32 heavy (non-hydrogen) atoms. The molecule has 1 amide bonds. The van der Waals surface area contributed by atoms with E-state index in [4.69, 9.17) is 0 Å². The van der Waals surface area contributed by atoms with E-state index in [1.807, 2.05) is 66.7 Å². The number of nitrogens with one attached hydrogen (secondary N) is 1. The van der Waals surface area contributed by atoms with Gasteiger partial charge in [0.05, 0.1) is 11.3 Å². The molecule has 2 N–H and O–H groups in total. The van der Waals surface area contributed by atoms with Gasteiger partial charge in [0.15, 0.2) is 0 Å². The van der Waals surface area contributed by atoms with Gasteiger partial charge in [0.2, 0.25) is 0 Å². The molecule has 4 nitrogen and oxygen atoms in total. The summed E-state index contributed by atoms with van der Waals surface area (Å²) in [6.07, 6.45) is 1.58. The Morgan fingerprint density at radius 3 is 2.03 bits per heavy atom. The fraction of sp³-hybridized carbons (Fsp3) is 0.0714. The Bertz CT molecular complexity index is 1230. The van der Waals surface area contributed by atoms with E-state index in [-0.39, 0.29) is 11.5 Å². The average Bonchev–Trinajstić information content (AvgIpc) is 2.84. The predicted octanol–water partition coefficient (Wildman–Crippen LogP) is 6.09. The van der Waals surface area contributed by atoms with E-state index in [1.54, 1.807) is 24.3 Å².